The van der Waals surface area contributed by atoms with Crippen molar-refractivity contribution >= 4 is 54.1 Å². The summed E-state index contributed by atoms with van der Waals surface area (Å²) in [5.41, 5.74) is 11.2. The van der Waals surface area contributed by atoms with Gasteiger partial charge in [0.1, 0.15) is 18.1 Å². The van der Waals surface area contributed by atoms with E-state index >= 15 is 0 Å². The van der Waals surface area contributed by atoms with Crippen LogP contribution >= 0.6 is 24.4 Å². The molecule has 0 heterocycles. The van der Waals surface area contributed by atoms with Crippen LogP contribution in [-0.4, -0.2) is 88.3 Å². The molecule has 32 heavy (non-hydrogen) atoms. The second kappa shape index (κ2) is 16.6. The Bertz CT molecular complexity index is 653. The van der Waals surface area contributed by atoms with Gasteiger partial charge in [-0.25, -0.2) is 4.79 Å². The molecule has 184 valence electrons. The lowest BCUT2D eigenvalue weighted by Crippen LogP contribution is -2.57. The van der Waals surface area contributed by atoms with Gasteiger partial charge in [-0.3, -0.25) is 19.2 Å². The molecule has 0 aromatic heterocycles. The number of rotatable bonds is 17. The smallest absolute Gasteiger partial charge is 0.326 e. The molecule has 12 nitrogen and oxygen atoms in total. The largest absolute Gasteiger partial charge is 0.481 e. The fourth-order valence-electron chi connectivity index (χ4n) is 2.54. The number of hydrogen-bond donors (Lipinski definition) is 8. The van der Waals surface area contributed by atoms with Gasteiger partial charge >= 0.3 is 11.9 Å². The third-order valence-corrected chi connectivity index (χ3v) is 5.37. The average Bonchev–Trinajstić information content (AvgIpc) is 2.73. The molecule has 14 heteroatoms. The number of thiol groups is 1. The van der Waals surface area contributed by atoms with Crippen molar-refractivity contribution in [2.24, 2.45) is 11.5 Å². The van der Waals surface area contributed by atoms with Crippen LogP contribution in [0, 0.1) is 0 Å². The molecule has 0 fully saturated rings. The van der Waals surface area contributed by atoms with Gasteiger partial charge in [0.25, 0.3) is 0 Å². The predicted molar refractivity (Wildman–Crippen MR) is 123 cm³/mol. The quantitative estimate of drug-likeness (QED) is 0.0831. The highest BCUT2D eigenvalue weighted by molar-refractivity contribution is 7.98. The Hall–Kier alpha value is -2.03. The molecule has 4 atom stereocenters. The van der Waals surface area contributed by atoms with Crippen molar-refractivity contribution in [2.45, 2.75) is 56.3 Å². The summed E-state index contributed by atoms with van der Waals surface area (Å²) in [7, 11) is 0. The normalized spacial score (nSPS) is 14.5. The van der Waals surface area contributed by atoms with Crippen LogP contribution in [0.15, 0.2) is 0 Å². The van der Waals surface area contributed by atoms with Crippen LogP contribution in [0.1, 0.15) is 32.1 Å². The Balaban J connectivity index is 5.14. The van der Waals surface area contributed by atoms with E-state index in [0.29, 0.717) is 31.6 Å². The second-order valence-corrected chi connectivity index (χ2v) is 8.33. The van der Waals surface area contributed by atoms with Gasteiger partial charge in [-0.2, -0.15) is 24.4 Å². The number of aliphatic carboxylic acids is 2. The van der Waals surface area contributed by atoms with Crippen molar-refractivity contribution < 1.29 is 34.2 Å². The number of carboxylic acid groups (broad SMARTS) is 2. The van der Waals surface area contributed by atoms with E-state index in [4.69, 9.17) is 21.7 Å². The van der Waals surface area contributed by atoms with E-state index in [-0.39, 0.29) is 12.2 Å². The number of carboxylic acids is 2. The first-order chi connectivity index (χ1) is 15.1. The number of thioether (sulfide) groups is 1. The first-order valence-corrected chi connectivity index (χ1v) is 12.0. The SMILES string of the molecule is CSCCC(NC(=O)C(CS)NC(=O)C(N)CCCCN)C(=O)NC(CC(=O)O)C(=O)O. The van der Waals surface area contributed by atoms with E-state index < -0.39 is 60.2 Å². The zero-order valence-corrected chi connectivity index (χ0v) is 19.6. The van der Waals surface area contributed by atoms with Crippen molar-refractivity contribution in [2.75, 3.05) is 24.3 Å². The molecule has 0 radical (unpaired) electrons. The van der Waals surface area contributed by atoms with E-state index in [0.717, 1.165) is 0 Å². The van der Waals surface area contributed by atoms with Gasteiger partial charge in [-0.05, 0) is 37.8 Å². The van der Waals surface area contributed by atoms with E-state index in [1.54, 1.807) is 6.26 Å². The maximum atomic E-state index is 12.6. The van der Waals surface area contributed by atoms with Crippen molar-refractivity contribution in [3.8, 4) is 0 Å². The molecular weight excluding hydrogens is 462 g/mol. The topological polar surface area (TPSA) is 214 Å². The van der Waals surface area contributed by atoms with Crippen molar-refractivity contribution in [1.29, 1.82) is 0 Å². The van der Waals surface area contributed by atoms with Gasteiger partial charge < -0.3 is 37.6 Å². The van der Waals surface area contributed by atoms with Crippen molar-refractivity contribution in [3.63, 3.8) is 0 Å². The number of carbonyl (C=O) groups excluding carboxylic acids is 3. The highest BCUT2D eigenvalue weighted by Gasteiger charge is 2.30. The average molecular weight is 496 g/mol. The molecule has 9 N–H and O–H groups in total. The fourth-order valence-corrected chi connectivity index (χ4v) is 3.26. The summed E-state index contributed by atoms with van der Waals surface area (Å²) < 4.78 is 0. The summed E-state index contributed by atoms with van der Waals surface area (Å²) >= 11 is 5.46. The van der Waals surface area contributed by atoms with E-state index in [1.807, 2.05) is 0 Å². The molecule has 4 unspecified atom stereocenters. The minimum absolute atomic E-state index is 0.0687. The van der Waals surface area contributed by atoms with Crippen LogP contribution in [0.5, 0.6) is 0 Å². The lowest BCUT2D eigenvalue weighted by molar-refractivity contribution is -0.147. The predicted octanol–water partition coefficient (Wildman–Crippen LogP) is -1.86. The van der Waals surface area contributed by atoms with Gasteiger partial charge in [0.2, 0.25) is 17.7 Å². The molecular formula is C18H33N5O7S2. The number of unbranched alkanes of at least 4 members (excludes halogenated alkanes) is 1. The second-order valence-electron chi connectivity index (χ2n) is 6.97. The molecule has 0 bridgehead atoms. The van der Waals surface area contributed by atoms with Crippen LogP contribution in [0.4, 0.5) is 0 Å². The summed E-state index contributed by atoms with van der Waals surface area (Å²) in [5.74, 6) is -4.62. The minimum atomic E-state index is -1.65. The Kier molecular flexibility index (Phi) is 15.5. The standard InChI is InChI=1S/C18H33N5O7S2/c1-32-7-5-11(16(27)22-12(18(29)30)8-14(24)25)21-17(28)13(9-31)23-15(26)10(20)4-2-3-6-19/h10-13,31H,2-9,19-20H2,1H3,(H,21,28)(H,22,27)(H,23,26)(H,24,25)(H,29,30). The molecule has 0 spiro atoms. The molecule has 0 rings (SSSR count). The number of amides is 3. The third kappa shape index (κ3) is 12.1. The lowest BCUT2D eigenvalue weighted by atomic mass is 10.1. The van der Waals surface area contributed by atoms with Crippen LogP contribution in [0.3, 0.4) is 0 Å². The van der Waals surface area contributed by atoms with E-state index in [2.05, 4.69) is 28.6 Å². The number of carbonyl (C=O) groups is 5. The van der Waals surface area contributed by atoms with Gasteiger partial charge in [0.05, 0.1) is 12.5 Å². The summed E-state index contributed by atoms with van der Waals surface area (Å²) in [6.45, 7) is 0.477. The van der Waals surface area contributed by atoms with Crippen LogP contribution < -0.4 is 27.4 Å². The van der Waals surface area contributed by atoms with Crippen molar-refractivity contribution in [1.82, 2.24) is 16.0 Å². The first kappa shape index (κ1) is 30.0. The number of hydrogen-bond acceptors (Lipinski definition) is 9. The molecule has 0 saturated carbocycles. The van der Waals surface area contributed by atoms with Gasteiger partial charge in [-0.1, -0.05) is 6.42 Å². The highest BCUT2D eigenvalue weighted by atomic mass is 32.2. The minimum Gasteiger partial charge on any atom is -0.481 e. The molecule has 0 aromatic rings. The van der Waals surface area contributed by atoms with E-state index in [1.165, 1.54) is 11.8 Å². The van der Waals surface area contributed by atoms with Crippen LogP contribution in [0.2, 0.25) is 0 Å². The summed E-state index contributed by atoms with van der Waals surface area (Å²) in [4.78, 5) is 59.5. The number of nitrogens with one attached hydrogen (secondary N) is 3. The molecule has 0 aromatic carbocycles. The number of nitrogens with two attached hydrogens (primary N) is 2. The van der Waals surface area contributed by atoms with Gasteiger partial charge in [0, 0.05) is 5.75 Å². The molecule has 0 aliphatic rings. The van der Waals surface area contributed by atoms with Crippen molar-refractivity contribution in [3.05, 3.63) is 0 Å². The van der Waals surface area contributed by atoms with Crippen LogP contribution in [-0.2, 0) is 24.0 Å². The first-order valence-electron chi connectivity index (χ1n) is 9.98. The Morgan fingerprint density at radius 1 is 0.906 bits per heavy atom. The maximum absolute atomic E-state index is 12.6. The molecule has 0 aliphatic heterocycles. The summed E-state index contributed by atoms with van der Waals surface area (Å²) in [6, 6.07) is -4.70. The highest BCUT2D eigenvalue weighted by Crippen LogP contribution is 2.05. The monoisotopic (exact) mass is 495 g/mol. The van der Waals surface area contributed by atoms with Crippen LogP contribution in [0.25, 0.3) is 0 Å². The molecule has 0 saturated heterocycles. The van der Waals surface area contributed by atoms with E-state index in [9.17, 15) is 24.0 Å². The Morgan fingerprint density at radius 2 is 1.47 bits per heavy atom. The van der Waals surface area contributed by atoms with Gasteiger partial charge in [-0.15, -0.1) is 0 Å². The Labute approximate surface area is 196 Å². The summed E-state index contributed by atoms with van der Waals surface area (Å²) in [5, 5.41) is 25.0. The fraction of sp³-hybridized carbons (Fsp3) is 0.722. The summed E-state index contributed by atoms with van der Waals surface area (Å²) in [6.07, 6.45) is 2.88. The maximum Gasteiger partial charge on any atom is 0.326 e. The van der Waals surface area contributed by atoms with Gasteiger partial charge in [0.15, 0.2) is 0 Å². The molecule has 3 amide bonds. The lowest BCUT2D eigenvalue weighted by Gasteiger charge is -2.24. The zero-order chi connectivity index (χ0) is 24.7. The third-order valence-electron chi connectivity index (χ3n) is 4.36. The zero-order valence-electron chi connectivity index (χ0n) is 17.9. The molecule has 0 aliphatic carbocycles. The Morgan fingerprint density at radius 3 is 1.97 bits per heavy atom.